The van der Waals surface area contributed by atoms with Crippen LogP contribution in [0.5, 0.6) is 0 Å². The quantitative estimate of drug-likeness (QED) is 0.792. The number of rotatable bonds is 4. The Morgan fingerprint density at radius 1 is 1.27 bits per heavy atom. The molecule has 1 N–H and O–H groups in total. The standard InChI is InChI=1S/C3H10Cl4O2P2/c1-2-9-11(6,7)3-10(4,5)8/h8,10-11H,2-3H2,1H3. The van der Waals surface area contributed by atoms with Gasteiger partial charge in [0.05, 0.1) is 0 Å². The number of hydrogen-bond donors (Lipinski definition) is 1. The predicted molar refractivity (Wildman–Crippen MR) is 58.8 cm³/mol. The van der Waals surface area contributed by atoms with E-state index in [9.17, 15) is 0 Å². The van der Waals surface area contributed by atoms with Crippen LogP contribution in [-0.4, -0.2) is 17.4 Å². The molecule has 0 atom stereocenters. The summed E-state index contributed by atoms with van der Waals surface area (Å²) in [6, 6.07) is 0. The van der Waals surface area contributed by atoms with Crippen LogP contribution in [0.2, 0.25) is 0 Å². The van der Waals surface area contributed by atoms with Crippen LogP contribution in [-0.2, 0) is 4.52 Å². The van der Waals surface area contributed by atoms with Crippen molar-refractivity contribution < 1.29 is 9.42 Å². The van der Waals surface area contributed by atoms with E-state index in [2.05, 4.69) is 0 Å². The molecule has 0 saturated carbocycles. The van der Waals surface area contributed by atoms with Gasteiger partial charge in [-0.05, 0) is 0 Å². The summed E-state index contributed by atoms with van der Waals surface area (Å²) >= 11 is 22.2. The molecular formula is C3H10Cl4O2P2. The van der Waals surface area contributed by atoms with E-state index in [1.165, 1.54) is 0 Å². The summed E-state index contributed by atoms with van der Waals surface area (Å²) < 4.78 is 4.98. The number of hydrogen-bond acceptors (Lipinski definition) is 2. The van der Waals surface area contributed by atoms with Gasteiger partial charge in [-0.25, -0.2) is 0 Å². The van der Waals surface area contributed by atoms with Crippen LogP contribution < -0.4 is 0 Å². The molecule has 0 spiro atoms. The average molecular weight is 282 g/mol. The zero-order chi connectivity index (χ0) is 9.12. The van der Waals surface area contributed by atoms with Crippen molar-refractivity contribution >= 4 is 57.4 Å². The van der Waals surface area contributed by atoms with Crippen LogP contribution in [0.1, 0.15) is 6.92 Å². The van der Waals surface area contributed by atoms with Gasteiger partial charge in [0.1, 0.15) is 0 Å². The van der Waals surface area contributed by atoms with Crippen molar-refractivity contribution in [3.8, 4) is 0 Å². The Labute approximate surface area is 86.1 Å². The predicted octanol–water partition coefficient (Wildman–Crippen LogP) is 3.92. The molecule has 8 heteroatoms. The first kappa shape index (κ1) is 12.9. The van der Waals surface area contributed by atoms with Crippen LogP contribution in [0.3, 0.4) is 0 Å². The second kappa shape index (κ2) is 4.98. The van der Waals surface area contributed by atoms with Crippen LogP contribution >= 0.6 is 57.4 Å². The second-order valence-corrected chi connectivity index (χ2v) is 14.8. The molecule has 0 aromatic carbocycles. The first-order chi connectivity index (χ1) is 4.77. The first-order valence-corrected chi connectivity index (χ1v) is 11.2. The third kappa shape index (κ3) is 8.28. The van der Waals surface area contributed by atoms with Crippen molar-refractivity contribution in [2.45, 2.75) is 6.92 Å². The Kier molecular flexibility index (Phi) is 5.86. The Bertz CT molecular complexity index is 125. The molecule has 11 heavy (non-hydrogen) atoms. The van der Waals surface area contributed by atoms with Gasteiger partial charge in [-0.3, -0.25) is 0 Å². The van der Waals surface area contributed by atoms with Crippen molar-refractivity contribution in [3.05, 3.63) is 0 Å². The molecule has 0 aromatic rings. The van der Waals surface area contributed by atoms with Crippen LogP contribution in [0.4, 0.5) is 0 Å². The molecule has 0 aromatic heterocycles. The molecule has 0 fully saturated rings. The molecule has 0 heterocycles. The van der Waals surface area contributed by atoms with Gasteiger partial charge in [0.2, 0.25) is 0 Å². The molecule has 0 radical (unpaired) electrons. The van der Waals surface area contributed by atoms with Crippen LogP contribution in [0, 0.1) is 0 Å². The fraction of sp³-hybridized carbons (Fsp3) is 1.00. The zero-order valence-electron chi connectivity index (χ0n) is 5.78. The molecule has 72 valence electrons. The second-order valence-electron chi connectivity index (χ2n) is 1.91. The van der Waals surface area contributed by atoms with Gasteiger partial charge < -0.3 is 0 Å². The van der Waals surface area contributed by atoms with Gasteiger partial charge in [0.25, 0.3) is 0 Å². The Balaban J connectivity index is 3.91. The monoisotopic (exact) mass is 280 g/mol. The van der Waals surface area contributed by atoms with Crippen LogP contribution in [0.25, 0.3) is 0 Å². The Morgan fingerprint density at radius 2 is 1.73 bits per heavy atom. The van der Waals surface area contributed by atoms with E-state index in [0.29, 0.717) is 6.61 Å². The average Bonchev–Trinajstić information content (AvgIpc) is 1.55. The molecule has 0 aliphatic rings. The SMILES string of the molecule is CCO[PH](Cl)(Cl)C[PH](O)(Cl)Cl. The fourth-order valence-corrected chi connectivity index (χ4v) is 13.3. The minimum absolute atomic E-state index is 0.0000617. The third-order valence-electron chi connectivity index (χ3n) is 0.774. The van der Waals surface area contributed by atoms with E-state index in [0.717, 1.165) is 0 Å². The Hall–Kier alpha value is 1.94. The van der Waals surface area contributed by atoms with Gasteiger partial charge in [-0.2, -0.15) is 0 Å². The van der Waals surface area contributed by atoms with Crippen molar-refractivity contribution in [3.63, 3.8) is 0 Å². The van der Waals surface area contributed by atoms with Gasteiger partial charge in [0.15, 0.2) is 0 Å². The summed E-state index contributed by atoms with van der Waals surface area (Å²) in [5, 5.41) is 0. The summed E-state index contributed by atoms with van der Waals surface area (Å²) in [6.07, 6.45) is -6.06. The maximum atomic E-state index is 9.04. The molecule has 0 unspecified atom stereocenters. The van der Waals surface area contributed by atoms with E-state index < -0.39 is 12.4 Å². The normalized spacial score (nSPS) is 16.5. The van der Waals surface area contributed by atoms with E-state index in [4.69, 9.17) is 54.4 Å². The summed E-state index contributed by atoms with van der Waals surface area (Å²) in [5.74, 6) is 0.0000617. The molecule has 0 aliphatic heterocycles. The van der Waals surface area contributed by atoms with Crippen LogP contribution in [0.15, 0.2) is 0 Å². The molecule has 0 rings (SSSR count). The third-order valence-corrected chi connectivity index (χ3v) is 10.3. The zero-order valence-corrected chi connectivity index (χ0v) is 10.8. The molecule has 0 amide bonds. The summed E-state index contributed by atoms with van der Waals surface area (Å²) in [5.41, 5.74) is 0. The fourth-order valence-electron chi connectivity index (χ4n) is 0.510. The Morgan fingerprint density at radius 3 is 2.00 bits per heavy atom. The van der Waals surface area contributed by atoms with Crippen molar-refractivity contribution in [1.82, 2.24) is 0 Å². The summed E-state index contributed by atoms with van der Waals surface area (Å²) in [4.78, 5) is 9.04. The van der Waals surface area contributed by atoms with Crippen molar-refractivity contribution in [1.29, 1.82) is 0 Å². The molecule has 2 nitrogen and oxygen atoms in total. The first-order valence-electron chi connectivity index (χ1n) is 2.89. The van der Waals surface area contributed by atoms with Crippen molar-refractivity contribution in [2.75, 3.05) is 12.5 Å². The van der Waals surface area contributed by atoms with Crippen molar-refractivity contribution in [2.24, 2.45) is 0 Å². The molecular weight excluding hydrogens is 272 g/mol. The van der Waals surface area contributed by atoms with E-state index in [1.807, 2.05) is 0 Å². The van der Waals surface area contributed by atoms with Gasteiger partial charge in [-0.15, -0.1) is 0 Å². The topological polar surface area (TPSA) is 29.5 Å². The molecule has 0 saturated heterocycles. The van der Waals surface area contributed by atoms with E-state index in [1.54, 1.807) is 6.92 Å². The van der Waals surface area contributed by atoms with Gasteiger partial charge in [0, 0.05) is 0 Å². The van der Waals surface area contributed by atoms with E-state index in [-0.39, 0.29) is 5.90 Å². The summed E-state index contributed by atoms with van der Waals surface area (Å²) in [7, 11) is 0. The summed E-state index contributed by atoms with van der Waals surface area (Å²) in [6.45, 7) is 2.16. The molecule has 0 bridgehead atoms. The molecule has 0 aliphatic carbocycles. The maximum absolute atomic E-state index is 9.04. The number of halogens is 4. The minimum atomic E-state index is -3.21. The van der Waals surface area contributed by atoms with E-state index >= 15 is 0 Å². The van der Waals surface area contributed by atoms with Gasteiger partial charge >= 0.3 is 86.2 Å². The van der Waals surface area contributed by atoms with Gasteiger partial charge in [-0.1, -0.05) is 0 Å².